The number of aromatic nitrogens is 2. The van der Waals surface area contributed by atoms with Gasteiger partial charge in [0.1, 0.15) is 0 Å². The lowest BCUT2D eigenvalue weighted by atomic mass is 9.98. The van der Waals surface area contributed by atoms with Gasteiger partial charge in [-0.3, -0.25) is 0 Å². The fourth-order valence-electron chi connectivity index (χ4n) is 3.35. The third-order valence-corrected chi connectivity index (χ3v) is 5.06. The van der Waals surface area contributed by atoms with Crippen LogP contribution in [0.5, 0.6) is 0 Å². The molecule has 0 unspecified atom stereocenters. The van der Waals surface area contributed by atoms with E-state index in [1.165, 1.54) is 11.1 Å². The molecule has 0 N–H and O–H groups in total. The highest BCUT2D eigenvalue weighted by molar-refractivity contribution is 5.63. The van der Waals surface area contributed by atoms with Gasteiger partial charge >= 0.3 is 0 Å². The number of hydrogen-bond donors (Lipinski definition) is 0. The van der Waals surface area contributed by atoms with E-state index in [1.54, 1.807) is 12.5 Å². The predicted molar refractivity (Wildman–Crippen MR) is 101 cm³/mol. The van der Waals surface area contributed by atoms with Gasteiger partial charge in [0, 0.05) is 23.9 Å². The molecular formula is C22H24N2O2. The summed E-state index contributed by atoms with van der Waals surface area (Å²) >= 11 is 0. The second-order valence-corrected chi connectivity index (χ2v) is 6.83. The van der Waals surface area contributed by atoms with Crippen LogP contribution in [0.15, 0.2) is 73.3 Å². The maximum atomic E-state index is 6.30. The Hall–Kier alpha value is -2.43. The van der Waals surface area contributed by atoms with Crippen molar-refractivity contribution in [3.63, 3.8) is 0 Å². The van der Waals surface area contributed by atoms with E-state index in [4.69, 9.17) is 9.47 Å². The third-order valence-electron chi connectivity index (χ3n) is 5.06. The summed E-state index contributed by atoms with van der Waals surface area (Å²) in [6.45, 7) is 4.19. The minimum atomic E-state index is -0.762. The van der Waals surface area contributed by atoms with Crippen LogP contribution in [0.3, 0.4) is 0 Å². The van der Waals surface area contributed by atoms with Crippen LogP contribution in [0.1, 0.15) is 18.9 Å². The molecule has 4 rings (SSSR count). The molecule has 4 nitrogen and oxygen atoms in total. The molecule has 0 amide bonds. The van der Waals surface area contributed by atoms with Crippen molar-refractivity contribution in [3.8, 4) is 11.1 Å². The van der Waals surface area contributed by atoms with Gasteiger partial charge in [-0.1, -0.05) is 61.5 Å². The highest BCUT2D eigenvalue weighted by Crippen LogP contribution is 2.35. The fourth-order valence-corrected chi connectivity index (χ4v) is 3.35. The number of hydrogen-bond acceptors (Lipinski definition) is 3. The topological polar surface area (TPSA) is 36.3 Å². The molecule has 0 spiro atoms. The Morgan fingerprint density at radius 2 is 1.69 bits per heavy atom. The molecule has 4 heteroatoms. The van der Waals surface area contributed by atoms with Gasteiger partial charge in [0.25, 0.3) is 0 Å². The molecule has 0 atom stereocenters. The van der Waals surface area contributed by atoms with Crippen molar-refractivity contribution in [1.29, 1.82) is 0 Å². The van der Waals surface area contributed by atoms with Gasteiger partial charge in [-0.25, -0.2) is 4.98 Å². The zero-order chi connectivity index (χ0) is 17.8. The summed E-state index contributed by atoms with van der Waals surface area (Å²) in [5.41, 5.74) is 3.44. The van der Waals surface area contributed by atoms with E-state index in [2.05, 4.69) is 60.4 Å². The van der Waals surface area contributed by atoms with Crippen molar-refractivity contribution in [3.05, 3.63) is 78.9 Å². The first-order valence-electron chi connectivity index (χ1n) is 9.19. The Morgan fingerprint density at radius 3 is 2.31 bits per heavy atom. The average Bonchev–Trinajstić information content (AvgIpc) is 3.22. The number of ether oxygens (including phenoxy) is 2. The molecule has 134 valence electrons. The Bertz CT molecular complexity index is 805. The highest BCUT2D eigenvalue weighted by Gasteiger charge is 2.39. The Labute approximate surface area is 154 Å². The van der Waals surface area contributed by atoms with E-state index < -0.39 is 5.79 Å². The molecule has 0 aliphatic carbocycles. The zero-order valence-corrected chi connectivity index (χ0v) is 15.0. The quantitative estimate of drug-likeness (QED) is 0.682. The molecule has 1 aliphatic rings. The predicted octanol–water partition coefficient (Wildman–Crippen LogP) is 4.48. The van der Waals surface area contributed by atoms with Crippen LogP contribution in [-0.4, -0.2) is 22.8 Å². The van der Waals surface area contributed by atoms with E-state index >= 15 is 0 Å². The van der Waals surface area contributed by atoms with Crippen molar-refractivity contribution >= 4 is 0 Å². The van der Waals surface area contributed by atoms with E-state index in [1.807, 2.05) is 16.8 Å². The Balaban J connectivity index is 1.63. The van der Waals surface area contributed by atoms with E-state index in [-0.39, 0.29) is 0 Å². The van der Waals surface area contributed by atoms with Crippen molar-refractivity contribution in [1.82, 2.24) is 9.55 Å². The standard InChI is InChI=1S/C22H24N2O2/c1-2-18-14-25-22(26-15-18,16-24-13-12-23-17-24)21-10-8-20(9-11-21)19-6-4-3-5-7-19/h3-13,17-18H,2,14-16H2,1H3. The minimum absolute atomic E-state index is 0.453. The summed E-state index contributed by atoms with van der Waals surface area (Å²) in [7, 11) is 0. The maximum absolute atomic E-state index is 6.30. The smallest absolute Gasteiger partial charge is 0.213 e. The van der Waals surface area contributed by atoms with Gasteiger partial charge < -0.3 is 14.0 Å². The lowest BCUT2D eigenvalue weighted by Crippen LogP contribution is -2.44. The second kappa shape index (κ2) is 7.44. The summed E-state index contributed by atoms with van der Waals surface area (Å²) in [6, 6.07) is 18.9. The fraction of sp³-hybridized carbons (Fsp3) is 0.318. The molecule has 3 aromatic rings. The number of imidazole rings is 1. The van der Waals surface area contributed by atoms with Gasteiger partial charge in [0.2, 0.25) is 5.79 Å². The van der Waals surface area contributed by atoms with Crippen LogP contribution < -0.4 is 0 Å². The molecule has 0 bridgehead atoms. The normalized spacial score (nSPS) is 23.0. The minimum Gasteiger partial charge on any atom is -0.344 e. The average molecular weight is 348 g/mol. The van der Waals surface area contributed by atoms with Gasteiger partial charge in [0.05, 0.1) is 26.1 Å². The lowest BCUT2D eigenvalue weighted by molar-refractivity contribution is -0.299. The summed E-state index contributed by atoms with van der Waals surface area (Å²) in [5, 5.41) is 0. The van der Waals surface area contributed by atoms with Gasteiger partial charge in [-0.05, 0) is 17.5 Å². The molecule has 2 heterocycles. The summed E-state index contributed by atoms with van der Waals surface area (Å²) in [6.07, 6.45) is 6.59. The Kier molecular flexibility index (Phi) is 4.87. The van der Waals surface area contributed by atoms with Crippen LogP contribution >= 0.6 is 0 Å². The van der Waals surface area contributed by atoms with E-state index in [9.17, 15) is 0 Å². The van der Waals surface area contributed by atoms with Crippen LogP contribution in [0.2, 0.25) is 0 Å². The van der Waals surface area contributed by atoms with Crippen LogP contribution in [-0.2, 0) is 21.8 Å². The molecule has 2 aromatic carbocycles. The first kappa shape index (κ1) is 17.0. The van der Waals surface area contributed by atoms with Gasteiger partial charge in [-0.15, -0.1) is 0 Å². The summed E-state index contributed by atoms with van der Waals surface area (Å²) in [5.74, 6) is -0.309. The SMILES string of the molecule is CCC1COC(Cn2ccnc2)(c2ccc(-c3ccccc3)cc2)OC1. The van der Waals surface area contributed by atoms with Crippen LogP contribution in [0.25, 0.3) is 11.1 Å². The van der Waals surface area contributed by atoms with Gasteiger partial charge in [0.15, 0.2) is 0 Å². The molecule has 0 saturated carbocycles. The molecule has 26 heavy (non-hydrogen) atoms. The van der Waals surface area contributed by atoms with E-state index in [0.29, 0.717) is 25.7 Å². The number of nitrogens with zero attached hydrogens (tertiary/aromatic N) is 2. The van der Waals surface area contributed by atoms with Crippen molar-refractivity contribution < 1.29 is 9.47 Å². The van der Waals surface area contributed by atoms with Crippen molar-refractivity contribution in [2.24, 2.45) is 5.92 Å². The highest BCUT2D eigenvalue weighted by atomic mass is 16.7. The first-order chi connectivity index (χ1) is 12.8. The summed E-state index contributed by atoms with van der Waals surface area (Å²) in [4.78, 5) is 4.15. The van der Waals surface area contributed by atoms with Gasteiger partial charge in [-0.2, -0.15) is 0 Å². The molecule has 1 saturated heterocycles. The number of benzene rings is 2. The van der Waals surface area contributed by atoms with Crippen molar-refractivity contribution in [2.75, 3.05) is 13.2 Å². The molecule has 1 aliphatic heterocycles. The molecular weight excluding hydrogens is 324 g/mol. The monoisotopic (exact) mass is 348 g/mol. The van der Waals surface area contributed by atoms with E-state index in [0.717, 1.165) is 12.0 Å². The summed E-state index contributed by atoms with van der Waals surface area (Å²) < 4.78 is 14.6. The number of rotatable bonds is 5. The Morgan fingerprint density at radius 1 is 1.00 bits per heavy atom. The maximum Gasteiger partial charge on any atom is 0.213 e. The zero-order valence-electron chi connectivity index (χ0n) is 15.0. The lowest BCUT2D eigenvalue weighted by Gasteiger charge is -2.40. The molecule has 1 fully saturated rings. The molecule has 1 aromatic heterocycles. The third kappa shape index (κ3) is 3.43. The largest absolute Gasteiger partial charge is 0.344 e. The first-order valence-corrected chi connectivity index (χ1v) is 9.19. The van der Waals surface area contributed by atoms with Crippen LogP contribution in [0.4, 0.5) is 0 Å². The van der Waals surface area contributed by atoms with Crippen LogP contribution in [0, 0.1) is 5.92 Å². The van der Waals surface area contributed by atoms with Crippen molar-refractivity contribution in [2.45, 2.75) is 25.7 Å². The second-order valence-electron chi connectivity index (χ2n) is 6.83. The molecule has 0 radical (unpaired) electrons.